The first-order chi connectivity index (χ1) is 9.78. The number of nitrogens with zero attached hydrogens (tertiary/aromatic N) is 3. The fourth-order valence-corrected chi connectivity index (χ4v) is 2.82. The minimum atomic E-state index is -0.219. The van der Waals surface area contributed by atoms with Crippen LogP contribution in [-0.2, 0) is 12.3 Å². The van der Waals surface area contributed by atoms with Crippen molar-refractivity contribution in [3.05, 3.63) is 59.5 Å². The highest BCUT2D eigenvalue weighted by Crippen LogP contribution is 2.23. The zero-order chi connectivity index (χ0) is 13.9. The van der Waals surface area contributed by atoms with Crippen LogP contribution in [0.3, 0.4) is 0 Å². The summed E-state index contributed by atoms with van der Waals surface area (Å²) in [5.74, 6) is 0.276. The summed E-state index contributed by atoms with van der Waals surface area (Å²) in [5, 5.41) is 8.93. The molecule has 0 aliphatic carbocycles. The molecule has 0 aliphatic rings. The van der Waals surface area contributed by atoms with Crippen LogP contribution in [-0.4, -0.2) is 14.6 Å². The molecule has 0 aliphatic heterocycles. The molecule has 3 aromatic rings. The summed E-state index contributed by atoms with van der Waals surface area (Å²) in [6.07, 6.45) is 1.89. The average Bonchev–Trinajstić information content (AvgIpc) is 2.90. The number of thioether (sulfide) groups is 1. The molecule has 102 valence electrons. The van der Waals surface area contributed by atoms with E-state index in [2.05, 4.69) is 10.2 Å². The van der Waals surface area contributed by atoms with Crippen LogP contribution in [0.15, 0.2) is 47.8 Å². The lowest BCUT2D eigenvalue weighted by Gasteiger charge is -2.05. The molecule has 0 saturated heterocycles. The molecular formula is C14H13FN4S. The van der Waals surface area contributed by atoms with Gasteiger partial charge in [-0.15, -0.1) is 10.2 Å². The number of halogens is 1. The van der Waals surface area contributed by atoms with E-state index >= 15 is 0 Å². The highest BCUT2D eigenvalue weighted by molar-refractivity contribution is 7.98. The maximum absolute atomic E-state index is 13.8. The van der Waals surface area contributed by atoms with Crippen LogP contribution in [0.4, 0.5) is 4.39 Å². The fourth-order valence-electron chi connectivity index (χ4n) is 1.93. The van der Waals surface area contributed by atoms with Crippen molar-refractivity contribution >= 4 is 17.4 Å². The largest absolute Gasteiger partial charge is 0.326 e. The summed E-state index contributed by atoms with van der Waals surface area (Å²) >= 11 is 1.45. The number of aromatic nitrogens is 3. The number of hydrogen-bond acceptors (Lipinski definition) is 4. The molecule has 1 aromatic carbocycles. The Hall–Kier alpha value is -1.92. The second-order valence-corrected chi connectivity index (χ2v) is 5.27. The van der Waals surface area contributed by atoms with E-state index in [1.807, 2.05) is 28.8 Å². The maximum atomic E-state index is 13.8. The summed E-state index contributed by atoms with van der Waals surface area (Å²) in [4.78, 5) is 0. The van der Waals surface area contributed by atoms with E-state index in [-0.39, 0.29) is 5.82 Å². The highest BCUT2D eigenvalue weighted by Gasteiger charge is 2.08. The molecule has 2 heterocycles. The third kappa shape index (κ3) is 2.52. The third-order valence-corrected chi connectivity index (χ3v) is 3.98. The van der Waals surface area contributed by atoms with Gasteiger partial charge in [-0.1, -0.05) is 30.0 Å². The van der Waals surface area contributed by atoms with Gasteiger partial charge in [0, 0.05) is 18.5 Å². The molecule has 20 heavy (non-hydrogen) atoms. The van der Waals surface area contributed by atoms with Crippen molar-refractivity contribution in [3.8, 4) is 0 Å². The van der Waals surface area contributed by atoms with Crippen LogP contribution in [0.2, 0.25) is 0 Å². The van der Waals surface area contributed by atoms with Gasteiger partial charge in [-0.2, -0.15) is 0 Å². The van der Waals surface area contributed by atoms with E-state index in [0.29, 0.717) is 17.9 Å². The van der Waals surface area contributed by atoms with Crippen LogP contribution in [0.25, 0.3) is 5.65 Å². The van der Waals surface area contributed by atoms with Crippen LogP contribution in [0, 0.1) is 5.82 Å². The number of nitrogens with two attached hydrogens (primary N) is 1. The van der Waals surface area contributed by atoms with Gasteiger partial charge < -0.3 is 5.73 Å². The summed E-state index contributed by atoms with van der Waals surface area (Å²) in [5.41, 5.74) is 7.92. The molecule has 0 fully saturated rings. The minimum absolute atomic E-state index is 0.219. The molecule has 4 nitrogen and oxygen atoms in total. The summed E-state index contributed by atoms with van der Waals surface area (Å²) in [6, 6.07) is 10.7. The van der Waals surface area contributed by atoms with Crippen molar-refractivity contribution < 1.29 is 4.39 Å². The van der Waals surface area contributed by atoms with Gasteiger partial charge in [0.15, 0.2) is 10.8 Å². The number of hydrogen-bond donors (Lipinski definition) is 1. The zero-order valence-electron chi connectivity index (χ0n) is 10.7. The van der Waals surface area contributed by atoms with E-state index in [9.17, 15) is 4.39 Å². The van der Waals surface area contributed by atoms with Crippen LogP contribution < -0.4 is 5.73 Å². The van der Waals surface area contributed by atoms with Gasteiger partial charge in [-0.25, -0.2) is 4.39 Å². The van der Waals surface area contributed by atoms with E-state index in [4.69, 9.17) is 5.73 Å². The van der Waals surface area contributed by atoms with Crippen LogP contribution in [0.5, 0.6) is 0 Å². The first-order valence-electron chi connectivity index (χ1n) is 6.18. The van der Waals surface area contributed by atoms with Gasteiger partial charge in [-0.3, -0.25) is 4.40 Å². The Balaban J connectivity index is 1.83. The van der Waals surface area contributed by atoms with Gasteiger partial charge >= 0.3 is 0 Å². The average molecular weight is 288 g/mol. The van der Waals surface area contributed by atoms with Gasteiger partial charge in [0.2, 0.25) is 0 Å². The lowest BCUT2D eigenvalue weighted by molar-refractivity contribution is 0.616. The number of pyridine rings is 1. The lowest BCUT2D eigenvalue weighted by Crippen LogP contribution is -1.99. The number of benzene rings is 1. The Kier molecular flexibility index (Phi) is 3.66. The van der Waals surface area contributed by atoms with Crippen LogP contribution >= 0.6 is 11.8 Å². The Labute approximate surface area is 119 Å². The molecule has 0 bridgehead atoms. The van der Waals surface area contributed by atoms with E-state index in [1.54, 1.807) is 12.1 Å². The van der Waals surface area contributed by atoms with E-state index in [1.165, 1.54) is 17.8 Å². The lowest BCUT2D eigenvalue weighted by atomic mass is 10.1. The molecule has 0 radical (unpaired) electrons. The molecule has 6 heteroatoms. The fraction of sp³-hybridized carbons (Fsp3) is 0.143. The minimum Gasteiger partial charge on any atom is -0.326 e. The first-order valence-corrected chi connectivity index (χ1v) is 7.16. The van der Waals surface area contributed by atoms with Crippen molar-refractivity contribution in [2.24, 2.45) is 5.73 Å². The van der Waals surface area contributed by atoms with E-state index in [0.717, 1.165) is 16.4 Å². The Morgan fingerprint density at radius 2 is 2.10 bits per heavy atom. The van der Waals surface area contributed by atoms with Crippen molar-refractivity contribution in [2.45, 2.75) is 17.5 Å². The van der Waals surface area contributed by atoms with Crippen molar-refractivity contribution in [2.75, 3.05) is 0 Å². The zero-order valence-corrected chi connectivity index (χ0v) is 11.5. The van der Waals surface area contributed by atoms with Crippen LogP contribution in [0.1, 0.15) is 11.1 Å². The van der Waals surface area contributed by atoms with Gasteiger partial charge in [0.05, 0.1) is 0 Å². The topological polar surface area (TPSA) is 56.2 Å². The van der Waals surface area contributed by atoms with E-state index < -0.39 is 0 Å². The number of fused-ring (bicyclic) bond motifs is 1. The first kappa shape index (κ1) is 13.1. The highest BCUT2D eigenvalue weighted by atomic mass is 32.2. The SMILES string of the molecule is NCc1ccc(F)c(CSc2nnc3ccccn23)c1. The molecule has 0 amide bonds. The smallest absolute Gasteiger partial charge is 0.195 e. The molecule has 0 unspecified atom stereocenters. The standard InChI is InChI=1S/C14H13FN4S/c15-12-5-4-10(8-16)7-11(12)9-20-14-18-17-13-3-1-2-6-19(13)14/h1-7H,8-9,16H2. The molecule has 3 rings (SSSR count). The normalized spacial score (nSPS) is 11.1. The molecule has 0 saturated carbocycles. The molecule has 2 N–H and O–H groups in total. The molecule has 2 aromatic heterocycles. The number of rotatable bonds is 4. The van der Waals surface area contributed by atoms with Crippen molar-refractivity contribution in [3.63, 3.8) is 0 Å². The Bertz CT molecular complexity index is 741. The monoisotopic (exact) mass is 288 g/mol. The summed E-state index contributed by atoms with van der Waals surface area (Å²) < 4.78 is 15.6. The maximum Gasteiger partial charge on any atom is 0.195 e. The second kappa shape index (κ2) is 5.60. The van der Waals surface area contributed by atoms with Crippen molar-refractivity contribution in [1.82, 2.24) is 14.6 Å². The Morgan fingerprint density at radius 3 is 2.95 bits per heavy atom. The Morgan fingerprint density at radius 1 is 1.20 bits per heavy atom. The molecular weight excluding hydrogens is 275 g/mol. The van der Waals surface area contributed by atoms with Gasteiger partial charge in [0.25, 0.3) is 0 Å². The third-order valence-electron chi connectivity index (χ3n) is 2.99. The summed E-state index contributed by atoms with van der Waals surface area (Å²) in [6.45, 7) is 0.409. The van der Waals surface area contributed by atoms with Gasteiger partial charge in [0.1, 0.15) is 5.82 Å². The summed E-state index contributed by atoms with van der Waals surface area (Å²) in [7, 11) is 0. The molecule has 0 atom stereocenters. The van der Waals surface area contributed by atoms with Gasteiger partial charge in [-0.05, 0) is 29.3 Å². The quantitative estimate of drug-likeness (QED) is 0.750. The predicted octanol–water partition coefficient (Wildman–Crippen LogP) is 2.62. The second-order valence-electron chi connectivity index (χ2n) is 4.33. The molecule has 0 spiro atoms. The van der Waals surface area contributed by atoms with Crippen molar-refractivity contribution in [1.29, 1.82) is 0 Å². The predicted molar refractivity (Wildman–Crippen MR) is 76.8 cm³/mol.